The summed E-state index contributed by atoms with van der Waals surface area (Å²) in [6.45, 7) is 3.85. The Kier molecular flexibility index (Phi) is 3.97. The van der Waals surface area contributed by atoms with Gasteiger partial charge in [0.15, 0.2) is 0 Å². The van der Waals surface area contributed by atoms with Crippen LogP contribution in [0.1, 0.15) is 12.6 Å². The normalized spacial score (nSPS) is 10.8. The van der Waals surface area contributed by atoms with Crippen LogP contribution in [0.3, 0.4) is 0 Å². The summed E-state index contributed by atoms with van der Waals surface area (Å²) in [7, 11) is 0. The van der Waals surface area contributed by atoms with Gasteiger partial charge in [0, 0.05) is 35.9 Å². The molecule has 3 aromatic rings. The predicted octanol–water partition coefficient (Wildman–Crippen LogP) is 3.96. The Morgan fingerprint density at radius 1 is 1.19 bits per heavy atom. The molecule has 0 spiro atoms. The number of nitrogens with zero attached hydrogens (tertiary/aromatic N) is 3. The van der Waals surface area contributed by atoms with Crippen LogP contribution in [0.5, 0.6) is 0 Å². The first kappa shape index (κ1) is 13.8. The van der Waals surface area contributed by atoms with E-state index in [9.17, 15) is 0 Å². The molecule has 21 heavy (non-hydrogen) atoms. The smallest absolute Gasteiger partial charge is 0.0877 e. The molecule has 0 aliphatic heterocycles. The summed E-state index contributed by atoms with van der Waals surface area (Å²) in [4.78, 5) is 0. The Hall–Kier alpha value is -2.20. The molecule has 4 nitrogen and oxygen atoms in total. The Morgan fingerprint density at radius 3 is 2.86 bits per heavy atom. The number of benzene rings is 1. The average molecular weight is 301 g/mol. The SMILES string of the molecule is CCn1cccc1CNc1cc(Cl)ccc1-n1cccn1. The molecule has 108 valence electrons. The first-order valence-corrected chi connectivity index (χ1v) is 7.33. The molecule has 1 N–H and O–H groups in total. The van der Waals surface area contributed by atoms with Crippen LogP contribution in [0.25, 0.3) is 5.69 Å². The minimum Gasteiger partial charge on any atom is -0.378 e. The number of halogens is 1. The van der Waals surface area contributed by atoms with Crippen molar-refractivity contribution in [1.82, 2.24) is 14.3 Å². The summed E-state index contributed by atoms with van der Waals surface area (Å²) < 4.78 is 4.04. The lowest BCUT2D eigenvalue weighted by Gasteiger charge is -2.14. The summed E-state index contributed by atoms with van der Waals surface area (Å²) in [5.41, 5.74) is 3.19. The fourth-order valence-electron chi connectivity index (χ4n) is 2.37. The fraction of sp³-hybridized carbons (Fsp3) is 0.188. The van der Waals surface area contributed by atoms with Crippen molar-refractivity contribution >= 4 is 17.3 Å². The van der Waals surface area contributed by atoms with Gasteiger partial charge < -0.3 is 9.88 Å². The zero-order chi connectivity index (χ0) is 14.7. The molecule has 0 amide bonds. The van der Waals surface area contributed by atoms with Gasteiger partial charge in [0.25, 0.3) is 0 Å². The summed E-state index contributed by atoms with van der Waals surface area (Å²) in [6, 6.07) is 11.9. The van der Waals surface area contributed by atoms with Crippen molar-refractivity contribution in [2.75, 3.05) is 5.32 Å². The minimum atomic E-state index is 0.708. The summed E-state index contributed by atoms with van der Waals surface area (Å²) >= 11 is 6.12. The van der Waals surface area contributed by atoms with Gasteiger partial charge in [-0.15, -0.1) is 0 Å². The lowest BCUT2D eigenvalue weighted by Crippen LogP contribution is -2.08. The first-order chi connectivity index (χ1) is 10.3. The topological polar surface area (TPSA) is 34.8 Å². The Morgan fingerprint density at radius 2 is 2.10 bits per heavy atom. The molecule has 2 aromatic heterocycles. The number of anilines is 1. The molecule has 5 heteroatoms. The first-order valence-electron chi connectivity index (χ1n) is 6.95. The van der Waals surface area contributed by atoms with Crippen LogP contribution >= 0.6 is 11.6 Å². The molecule has 0 bridgehead atoms. The zero-order valence-electron chi connectivity index (χ0n) is 11.8. The highest BCUT2D eigenvalue weighted by atomic mass is 35.5. The van der Waals surface area contributed by atoms with Gasteiger partial charge in [-0.1, -0.05) is 11.6 Å². The highest BCUT2D eigenvalue weighted by Gasteiger charge is 2.07. The van der Waals surface area contributed by atoms with E-state index in [4.69, 9.17) is 11.6 Å². The third-order valence-electron chi connectivity index (χ3n) is 3.43. The standard InChI is InChI=1S/C16H17ClN4/c1-2-20-9-3-5-14(20)12-18-15-11-13(17)6-7-16(15)21-10-4-8-19-21/h3-11,18H,2,12H2,1H3. The van der Waals surface area contributed by atoms with E-state index >= 15 is 0 Å². The monoisotopic (exact) mass is 300 g/mol. The number of hydrogen-bond donors (Lipinski definition) is 1. The maximum absolute atomic E-state index is 6.12. The van der Waals surface area contributed by atoms with Crippen LogP contribution in [0.15, 0.2) is 55.0 Å². The maximum atomic E-state index is 6.12. The van der Waals surface area contributed by atoms with Crippen molar-refractivity contribution in [3.8, 4) is 5.69 Å². The summed E-state index contributed by atoms with van der Waals surface area (Å²) in [5, 5.41) is 8.44. The van der Waals surface area contributed by atoms with E-state index in [-0.39, 0.29) is 0 Å². The van der Waals surface area contributed by atoms with Gasteiger partial charge in [0.2, 0.25) is 0 Å². The van der Waals surface area contributed by atoms with E-state index in [1.54, 1.807) is 6.20 Å². The lowest BCUT2D eigenvalue weighted by atomic mass is 10.2. The van der Waals surface area contributed by atoms with Gasteiger partial charge in [-0.2, -0.15) is 5.10 Å². The van der Waals surface area contributed by atoms with Gasteiger partial charge in [-0.3, -0.25) is 0 Å². The minimum absolute atomic E-state index is 0.708. The number of nitrogens with one attached hydrogen (secondary N) is 1. The van der Waals surface area contributed by atoms with E-state index in [1.807, 2.05) is 35.1 Å². The number of rotatable bonds is 5. The molecule has 2 heterocycles. The average Bonchev–Trinajstić information content (AvgIpc) is 3.16. The summed E-state index contributed by atoms with van der Waals surface area (Å²) in [6.07, 6.45) is 5.77. The molecular weight excluding hydrogens is 284 g/mol. The highest BCUT2D eigenvalue weighted by Crippen LogP contribution is 2.24. The van der Waals surface area contributed by atoms with Crippen LogP contribution < -0.4 is 5.32 Å². The predicted molar refractivity (Wildman–Crippen MR) is 86.0 cm³/mol. The second-order valence-electron chi connectivity index (χ2n) is 4.75. The molecule has 0 radical (unpaired) electrons. The van der Waals surface area contributed by atoms with Crippen LogP contribution in [-0.4, -0.2) is 14.3 Å². The molecule has 0 fully saturated rings. The zero-order valence-corrected chi connectivity index (χ0v) is 12.6. The van der Waals surface area contributed by atoms with Crippen LogP contribution in [0.2, 0.25) is 5.02 Å². The van der Waals surface area contributed by atoms with Crippen LogP contribution in [-0.2, 0) is 13.1 Å². The lowest BCUT2D eigenvalue weighted by molar-refractivity contribution is 0.723. The van der Waals surface area contributed by atoms with Gasteiger partial charge in [-0.25, -0.2) is 4.68 Å². The Labute approximate surface area is 129 Å². The second-order valence-corrected chi connectivity index (χ2v) is 5.19. The second kappa shape index (κ2) is 6.06. The Balaban J connectivity index is 1.86. The quantitative estimate of drug-likeness (QED) is 0.774. The van der Waals surface area contributed by atoms with Crippen molar-refractivity contribution in [3.63, 3.8) is 0 Å². The van der Waals surface area contributed by atoms with Crippen molar-refractivity contribution in [1.29, 1.82) is 0 Å². The van der Waals surface area contributed by atoms with Gasteiger partial charge in [0.05, 0.1) is 17.9 Å². The third-order valence-corrected chi connectivity index (χ3v) is 3.67. The molecule has 0 atom stereocenters. The highest BCUT2D eigenvalue weighted by molar-refractivity contribution is 6.31. The molecule has 0 aliphatic carbocycles. The molecule has 0 unspecified atom stereocenters. The van der Waals surface area contributed by atoms with Crippen LogP contribution in [0.4, 0.5) is 5.69 Å². The summed E-state index contributed by atoms with van der Waals surface area (Å²) in [5.74, 6) is 0. The molecule has 3 rings (SSSR count). The molecule has 0 aliphatic rings. The van der Waals surface area contributed by atoms with E-state index in [0.717, 1.165) is 24.5 Å². The van der Waals surface area contributed by atoms with Crippen LogP contribution in [0, 0.1) is 0 Å². The van der Waals surface area contributed by atoms with Crippen molar-refractivity contribution in [3.05, 3.63) is 65.7 Å². The van der Waals surface area contributed by atoms with Gasteiger partial charge in [-0.05, 0) is 43.3 Å². The molecule has 1 aromatic carbocycles. The van der Waals surface area contributed by atoms with E-state index in [2.05, 4.69) is 40.2 Å². The van der Waals surface area contributed by atoms with Crippen molar-refractivity contribution in [2.45, 2.75) is 20.0 Å². The van der Waals surface area contributed by atoms with Gasteiger partial charge >= 0.3 is 0 Å². The third kappa shape index (κ3) is 2.95. The molecular formula is C16H17ClN4. The van der Waals surface area contributed by atoms with Crippen molar-refractivity contribution < 1.29 is 0 Å². The number of aromatic nitrogens is 3. The fourth-order valence-corrected chi connectivity index (χ4v) is 2.54. The Bertz CT molecular complexity index is 716. The largest absolute Gasteiger partial charge is 0.378 e. The van der Waals surface area contributed by atoms with E-state index in [1.165, 1.54) is 5.69 Å². The molecule has 0 saturated carbocycles. The molecule has 0 saturated heterocycles. The van der Waals surface area contributed by atoms with Crippen molar-refractivity contribution in [2.24, 2.45) is 0 Å². The van der Waals surface area contributed by atoms with E-state index < -0.39 is 0 Å². The maximum Gasteiger partial charge on any atom is 0.0877 e. The number of aryl methyl sites for hydroxylation is 1. The van der Waals surface area contributed by atoms with Gasteiger partial charge in [0.1, 0.15) is 0 Å². The number of hydrogen-bond acceptors (Lipinski definition) is 2. The van der Waals surface area contributed by atoms with E-state index in [0.29, 0.717) is 5.02 Å².